The van der Waals surface area contributed by atoms with Crippen LogP contribution in [0, 0.1) is 45.9 Å². The smallest absolute Gasteiger partial charge is 0.111 e. The molecule has 3 rings (SSSR count). The zero-order valence-electron chi connectivity index (χ0n) is 15.6. The largest absolute Gasteiger partial charge is 0.211 e. The minimum Gasteiger partial charge on any atom is -0.111 e. The molecule has 1 heterocycles. The molecule has 2 aromatic rings. The van der Waals surface area contributed by atoms with E-state index in [1.807, 2.05) is 48.5 Å². The fraction of sp³-hybridized carbons (Fsp3) is 0.167. The summed E-state index contributed by atoms with van der Waals surface area (Å²) < 4.78 is 0. The van der Waals surface area contributed by atoms with E-state index in [0.29, 0.717) is 0 Å². The Morgan fingerprint density at radius 3 is 0.923 bits per heavy atom. The van der Waals surface area contributed by atoms with Gasteiger partial charge in [0.25, 0.3) is 0 Å². The van der Waals surface area contributed by atoms with Gasteiger partial charge in [0.2, 0.25) is 16.1 Å². The van der Waals surface area contributed by atoms with Crippen molar-refractivity contribution >= 4 is 16.1 Å². The quantitative estimate of drug-likeness (QED) is 0.481. The predicted octanol–water partition coefficient (Wildman–Crippen LogP) is 4.38. The predicted molar refractivity (Wildman–Crippen MR) is 115 cm³/mol. The number of rotatable bonds is 0. The molecule has 2 aromatic carbocycles. The number of fused-ring (bicyclic) bond motifs is 2. The molecule has 0 N–H and O–H groups in total. The number of hydrogen-bond acceptors (Lipinski definition) is 0. The Labute approximate surface area is 159 Å². The number of hydrogen-bond donors (Lipinski definition) is 0. The van der Waals surface area contributed by atoms with Crippen LogP contribution in [0.3, 0.4) is 0 Å². The summed E-state index contributed by atoms with van der Waals surface area (Å²) in [5, 5.41) is 0. The molecule has 0 radical (unpaired) electrons. The van der Waals surface area contributed by atoms with Gasteiger partial charge in [-0.1, -0.05) is 47.9 Å². The molecule has 0 nitrogen and oxygen atoms in total. The standard InChI is InChI=1S/C24H20Si2/c1-25(2)17-13-21-9-5-7-11-23(21)15-19-26(3,4)20-16-24-12-8-6-10-22(24)14-18-25/h5-12H,1-4H3. The van der Waals surface area contributed by atoms with Crippen molar-refractivity contribution < 1.29 is 0 Å². The molecule has 0 saturated carbocycles. The first kappa shape index (κ1) is 17.9. The fourth-order valence-corrected chi connectivity index (χ4v) is 4.27. The second kappa shape index (κ2) is 7.16. The van der Waals surface area contributed by atoms with Crippen molar-refractivity contribution in [1.29, 1.82) is 0 Å². The van der Waals surface area contributed by atoms with E-state index in [1.54, 1.807) is 0 Å². The highest BCUT2D eigenvalue weighted by Gasteiger charge is 2.16. The average Bonchev–Trinajstić information content (AvgIpc) is 2.62. The third kappa shape index (κ3) is 4.60. The van der Waals surface area contributed by atoms with Crippen molar-refractivity contribution in [3.05, 3.63) is 70.8 Å². The molecule has 0 saturated heterocycles. The molecule has 0 bridgehead atoms. The second-order valence-electron chi connectivity index (χ2n) is 7.34. The minimum atomic E-state index is -1.97. The van der Waals surface area contributed by atoms with Gasteiger partial charge < -0.3 is 0 Å². The molecule has 2 heteroatoms. The molecule has 124 valence electrons. The van der Waals surface area contributed by atoms with Gasteiger partial charge in [0.05, 0.1) is 0 Å². The normalized spacial score (nSPS) is 15.5. The molecule has 0 fully saturated rings. The van der Waals surface area contributed by atoms with Crippen LogP contribution >= 0.6 is 0 Å². The summed E-state index contributed by atoms with van der Waals surface area (Å²) >= 11 is 0. The topological polar surface area (TPSA) is 0 Å². The maximum Gasteiger partial charge on any atom is 0.211 e. The summed E-state index contributed by atoms with van der Waals surface area (Å²) in [5.41, 5.74) is 17.7. The minimum absolute atomic E-state index is 0.984. The zero-order chi connectivity index (χ0) is 18.6. The van der Waals surface area contributed by atoms with Crippen LogP contribution in [0.25, 0.3) is 0 Å². The van der Waals surface area contributed by atoms with E-state index in [1.165, 1.54) is 0 Å². The van der Waals surface area contributed by atoms with E-state index in [9.17, 15) is 0 Å². The summed E-state index contributed by atoms with van der Waals surface area (Å²) in [4.78, 5) is 0. The molecule has 1 aliphatic heterocycles. The first-order valence-electron chi connectivity index (χ1n) is 8.65. The lowest BCUT2D eigenvalue weighted by molar-refractivity contribution is 1.59. The second-order valence-corrected chi connectivity index (χ2v) is 14.8. The van der Waals surface area contributed by atoms with Gasteiger partial charge in [-0.15, -0.1) is 22.2 Å². The van der Waals surface area contributed by atoms with Gasteiger partial charge in [-0.05, 0) is 50.5 Å². The summed E-state index contributed by atoms with van der Waals surface area (Å²) in [7, 11) is -3.94. The van der Waals surface area contributed by atoms with E-state index in [-0.39, 0.29) is 0 Å². The summed E-state index contributed by atoms with van der Waals surface area (Å²) in [6.07, 6.45) is 0. The molecule has 0 aromatic heterocycles. The maximum atomic E-state index is 3.44. The van der Waals surface area contributed by atoms with E-state index in [2.05, 4.69) is 72.0 Å². The molecule has 0 unspecified atom stereocenters. The van der Waals surface area contributed by atoms with Gasteiger partial charge in [0.15, 0.2) is 0 Å². The monoisotopic (exact) mass is 364 g/mol. The molecule has 1 aliphatic rings. The fourth-order valence-electron chi connectivity index (χ4n) is 2.36. The Morgan fingerprint density at radius 1 is 0.462 bits per heavy atom. The van der Waals surface area contributed by atoms with E-state index < -0.39 is 16.1 Å². The van der Waals surface area contributed by atoms with Crippen LogP contribution in [0.4, 0.5) is 0 Å². The highest BCUT2D eigenvalue weighted by atomic mass is 28.3. The Morgan fingerprint density at radius 2 is 0.692 bits per heavy atom. The summed E-state index contributed by atoms with van der Waals surface area (Å²) in [5.74, 6) is 13.4. The molecule has 0 amide bonds. The van der Waals surface area contributed by atoms with Crippen molar-refractivity contribution in [2.24, 2.45) is 0 Å². The summed E-state index contributed by atoms with van der Waals surface area (Å²) in [6, 6.07) is 16.2. The first-order valence-corrected chi connectivity index (χ1v) is 14.7. The Kier molecular flexibility index (Phi) is 4.93. The van der Waals surface area contributed by atoms with Crippen LogP contribution in [0.1, 0.15) is 22.3 Å². The molecule has 0 atom stereocenters. The Bertz CT molecular complexity index is 928. The highest BCUT2D eigenvalue weighted by molar-refractivity contribution is 6.92. The van der Waals surface area contributed by atoms with Crippen LogP contribution in [0.15, 0.2) is 48.5 Å². The van der Waals surface area contributed by atoms with Gasteiger partial charge in [0, 0.05) is 22.3 Å². The number of benzene rings is 2. The van der Waals surface area contributed by atoms with Crippen LogP contribution in [0.2, 0.25) is 26.2 Å². The van der Waals surface area contributed by atoms with Crippen LogP contribution in [-0.4, -0.2) is 16.1 Å². The van der Waals surface area contributed by atoms with Gasteiger partial charge in [-0.25, -0.2) is 0 Å². The maximum absolute atomic E-state index is 3.44. The van der Waals surface area contributed by atoms with E-state index >= 15 is 0 Å². The van der Waals surface area contributed by atoms with Crippen molar-refractivity contribution in [2.45, 2.75) is 26.2 Å². The molecular weight excluding hydrogens is 344 g/mol. The molecule has 0 aliphatic carbocycles. The van der Waals surface area contributed by atoms with Crippen molar-refractivity contribution in [2.75, 3.05) is 0 Å². The Hall–Kier alpha value is -2.89. The van der Waals surface area contributed by atoms with Crippen molar-refractivity contribution in [3.63, 3.8) is 0 Å². The van der Waals surface area contributed by atoms with Crippen LogP contribution in [-0.2, 0) is 0 Å². The van der Waals surface area contributed by atoms with Crippen LogP contribution in [0.5, 0.6) is 0 Å². The average molecular weight is 365 g/mol. The van der Waals surface area contributed by atoms with E-state index in [0.717, 1.165) is 22.3 Å². The molecule has 0 spiro atoms. The van der Waals surface area contributed by atoms with Crippen molar-refractivity contribution in [1.82, 2.24) is 0 Å². The first-order chi connectivity index (χ1) is 12.3. The summed E-state index contributed by atoms with van der Waals surface area (Å²) in [6.45, 7) is 8.71. The lowest BCUT2D eigenvalue weighted by Gasteiger charge is -2.07. The third-order valence-corrected chi connectivity index (χ3v) is 6.89. The van der Waals surface area contributed by atoms with E-state index in [4.69, 9.17) is 0 Å². The highest BCUT2D eigenvalue weighted by Crippen LogP contribution is 2.11. The Balaban J connectivity index is 2.23. The van der Waals surface area contributed by atoms with Gasteiger partial charge >= 0.3 is 0 Å². The molecule has 26 heavy (non-hydrogen) atoms. The van der Waals surface area contributed by atoms with Gasteiger partial charge in [-0.3, -0.25) is 0 Å². The molecular formula is C24H20Si2. The van der Waals surface area contributed by atoms with Crippen molar-refractivity contribution in [3.8, 4) is 45.9 Å². The lowest BCUT2D eigenvalue weighted by Crippen LogP contribution is -2.21. The third-order valence-electron chi connectivity index (χ3n) is 3.89. The SMILES string of the molecule is C[Si]1(C)C#Cc2ccccc2C#C[Si](C)(C)C#Cc2ccccc2C#C1. The van der Waals surface area contributed by atoms with Crippen LogP contribution < -0.4 is 0 Å². The zero-order valence-corrected chi connectivity index (χ0v) is 17.6. The van der Waals surface area contributed by atoms with Gasteiger partial charge in [-0.2, -0.15) is 0 Å². The van der Waals surface area contributed by atoms with Gasteiger partial charge in [0.1, 0.15) is 0 Å². The lowest BCUT2D eigenvalue weighted by atomic mass is 10.1.